The fraction of sp³-hybridized carbons (Fsp3) is 0.464. The lowest BCUT2D eigenvalue weighted by molar-refractivity contribution is -0.132. The van der Waals surface area contributed by atoms with Gasteiger partial charge in [0, 0.05) is 26.1 Å². The summed E-state index contributed by atoms with van der Waals surface area (Å²) in [6.07, 6.45) is 1.84. The van der Waals surface area contributed by atoms with Crippen LogP contribution in [0.4, 0.5) is 0 Å². The molecule has 0 unspecified atom stereocenters. The molecule has 2 amide bonds. The Morgan fingerprint density at radius 3 is 2.26 bits per heavy atom. The van der Waals surface area contributed by atoms with Crippen molar-refractivity contribution in [2.45, 2.75) is 53.5 Å². The van der Waals surface area contributed by atoms with E-state index >= 15 is 0 Å². The number of para-hydroxylation sites is 2. The van der Waals surface area contributed by atoms with Gasteiger partial charge in [0.25, 0.3) is 0 Å². The van der Waals surface area contributed by atoms with Gasteiger partial charge in [0.2, 0.25) is 11.8 Å². The number of hydrogen-bond acceptors (Lipinski definition) is 3. The van der Waals surface area contributed by atoms with E-state index < -0.39 is 0 Å². The van der Waals surface area contributed by atoms with Crippen LogP contribution in [0.2, 0.25) is 0 Å². The minimum absolute atomic E-state index is 0.0212. The number of hydrogen-bond donors (Lipinski definition) is 1. The molecule has 182 valence electrons. The first-order chi connectivity index (χ1) is 16.3. The van der Waals surface area contributed by atoms with Crippen LogP contribution in [0.3, 0.4) is 0 Å². The molecule has 3 rings (SSSR count). The normalized spacial score (nSPS) is 11.4. The smallest absolute Gasteiger partial charge is 0.242 e. The minimum atomic E-state index is 0.0212. The van der Waals surface area contributed by atoms with E-state index in [1.165, 1.54) is 0 Å². The van der Waals surface area contributed by atoms with Crippen molar-refractivity contribution in [2.24, 2.45) is 11.8 Å². The molecule has 0 spiro atoms. The van der Waals surface area contributed by atoms with Gasteiger partial charge in [-0.25, -0.2) is 4.98 Å². The second-order valence-electron chi connectivity index (χ2n) is 9.81. The molecule has 2 aromatic carbocycles. The number of amides is 2. The van der Waals surface area contributed by atoms with Crippen molar-refractivity contribution < 1.29 is 9.59 Å². The molecule has 0 saturated carbocycles. The highest BCUT2D eigenvalue weighted by molar-refractivity contribution is 5.81. The Bertz CT molecular complexity index is 1060. The van der Waals surface area contributed by atoms with Crippen LogP contribution in [0.5, 0.6) is 0 Å². The fourth-order valence-electron chi connectivity index (χ4n) is 4.21. The minimum Gasteiger partial charge on any atom is -0.356 e. The number of carbonyl (C=O) groups excluding carboxylic acids is 2. The lowest BCUT2D eigenvalue weighted by Gasteiger charge is -2.27. The highest BCUT2D eigenvalue weighted by Crippen LogP contribution is 2.18. The van der Waals surface area contributed by atoms with Gasteiger partial charge in [-0.15, -0.1) is 0 Å². The maximum Gasteiger partial charge on any atom is 0.242 e. The van der Waals surface area contributed by atoms with Gasteiger partial charge < -0.3 is 14.8 Å². The maximum atomic E-state index is 13.3. The molecule has 0 radical (unpaired) electrons. The number of benzene rings is 2. The average Bonchev–Trinajstić information content (AvgIpc) is 3.13. The van der Waals surface area contributed by atoms with E-state index in [2.05, 4.69) is 37.6 Å². The van der Waals surface area contributed by atoms with E-state index in [-0.39, 0.29) is 18.4 Å². The molecule has 0 aliphatic heterocycles. The van der Waals surface area contributed by atoms with E-state index in [0.717, 1.165) is 41.9 Å². The van der Waals surface area contributed by atoms with Crippen molar-refractivity contribution in [2.75, 3.05) is 19.6 Å². The van der Waals surface area contributed by atoms with Gasteiger partial charge in [0.15, 0.2) is 0 Å². The van der Waals surface area contributed by atoms with Gasteiger partial charge in [-0.2, -0.15) is 0 Å². The predicted octanol–water partition coefficient (Wildman–Crippen LogP) is 4.47. The van der Waals surface area contributed by atoms with E-state index in [4.69, 9.17) is 4.98 Å². The SMILES string of the molecule is CC(C)CN(CC(C)C)C(=O)Cn1c(CCCNC(=O)Cc2ccccc2)nc2ccccc21. The van der Waals surface area contributed by atoms with Crippen LogP contribution >= 0.6 is 0 Å². The largest absolute Gasteiger partial charge is 0.356 e. The van der Waals surface area contributed by atoms with Crippen molar-refractivity contribution in [3.8, 4) is 0 Å². The molecular formula is C28H38N4O2. The number of imidazole rings is 1. The molecule has 0 saturated heterocycles. The monoisotopic (exact) mass is 462 g/mol. The Hall–Kier alpha value is -3.15. The molecule has 1 heterocycles. The summed E-state index contributed by atoms with van der Waals surface area (Å²) in [5.41, 5.74) is 2.89. The number of rotatable bonds is 12. The summed E-state index contributed by atoms with van der Waals surface area (Å²) in [5.74, 6) is 1.87. The van der Waals surface area contributed by atoms with Crippen LogP contribution in [0.1, 0.15) is 45.5 Å². The molecule has 0 aliphatic rings. The van der Waals surface area contributed by atoms with Crippen molar-refractivity contribution >= 4 is 22.8 Å². The van der Waals surface area contributed by atoms with Crippen molar-refractivity contribution in [1.82, 2.24) is 19.8 Å². The summed E-state index contributed by atoms with van der Waals surface area (Å²) in [7, 11) is 0. The molecule has 1 aromatic heterocycles. The number of aromatic nitrogens is 2. The molecule has 0 bridgehead atoms. The highest BCUT2D eigenvalue weighted by atomic mass is 16.2. The Balaban J connectivity index is 1.65. The average molecular weight is 463 g/mol. The molecule has 0 atom stereocenters. The molecule has 0 aliphatic carbocycles. The predicted molar refractivity (Wildman–Crippen MR) is 137 cm³/mol. The first kappa shape index (κ1) is 25.5. The molecule has 1 N–H and O–H groups in total. The summed E-state index contributed by atoms with van der Waals surface area (Å²) in [4.78, 5) is 32.3. The van der Waals surface area contributed by atoms with Crippen LogP contribution in [0, 0.1) is 11.8 Å². The van der Waals surface area contributed by atoms with Gasteiger partial charge >= 0.3 is 0 Å². The first-order valence-corrected chi connectivity index (χ1v) is 12.4. The van der Waals surface area contributed by atoms with Crippen molar-refractivity contribution in [1.29, 1.82) is 0 Å². The van der Waals surface area contributed by atoms with Crippen LogP contribution in [-0.2, 0) is 29.0 Å². The number of fused-ring (bicyclic) bond motifs is 1. The summed E-state index contributed by atoms with van der Waals surface area (Å²) in [5, 5.41) is 3.01. The lowest BCUT2D eigenvalue weighted by atomic mass is 10.1. The van der Waals surface area contributed by atoms with Crippen LogP contribution in [-0.4, -0.2) is 45.9 Å². The Kier molecular flexibility index (Phi) is 9.25. The zero-order chi connectivity index (χ0) is 24.5. The molecule has 6 heteroatoms. The Labute approximate surface area is 203 Å². The van der Waals surface area contributed by atoms with Gasteiger partial charge in [0.05, 0.1) is 17.5 Å². The fourth-order valence-corrected chi connectivity index (χ4v) is 4.21. The van der Waals surface area contributed by atoms with Gasteiger partial charge in [0.1, 0.15) is 12.4 Å². The highest BCUT2D eigenvalue weighted by Gasteiger charge is 2.20. The number of aryl methyl sites for hydroxylation is 1. The second-order valence-corrected chi connectivity index (χ2v) is 9.81. The molecule has 34 heavy (non-hydrogen) atoms. The van der Waals surface area contributed by atoms with Gasteiger partial charge in [-0.05, 0) is 36.0 Å². The summed E-state index contributed by atoms with van der Waals surface area (Å²) in [6, 6.07) is 17.7. The lowest BCUT2D eigenvalue weighted by Crippen LogP contribution is -2.39. The van der Waals surface area contributed by atoms with Crippen molar-refractivity contribution in [3.63, 3.8) is 0 Å². The first-order valence-electron chi connectivity index (χ1n) is 12.4. The third-order valence-corrected chi connectivity index (χ3v) is 5.66. The molecule has 6 nitrogen and oxygen atoms in total. The van der Waals surface area contributed by atoms with Gasteiger partial charge in [-0.3, -0.25) is 9.59 Å². The molecule has 3 aromatic rings. The number of nitrogens with zero attached hydrogens (tertiary/aromatic N) is 3. The second kappa shape index (κ2) is 12.4. The van der Waals surface area contributed by atoms with E-state index in [1.54, 1.807) is 0 Å². The van der Waals surface area contributed by atoms with E-state index in [1.807, 2.05) is 59.5 Å². The number of carbonyl (C=O) groups is 2. The standard InChI is InChI=1S/C28H38N4O2/c1-21(2)18-31(19-22(3)4)28(34)20-32-25-14-9-8-13-24(25)30-26(32)15-10-16-29-27(33)17-23-11-6-5-7-12-23/h5-9,11-14,21-22H,10,15-20H2,1-4H3,(H,29,33). The van der Waals surface area contributed by atoms with Crippen LogP contribution in [0.15, 0.2) is 54.6 Å². The third kappa shape index (κ3) is 7.44. The molecular weight excluding hydrogens is 424 g/mol. The molecule has 0 fully saturated rings. The summed E-state index contributed by atoms with van der Waals surface area (Å²) in [6.45, 7) is 11.0. The third-order valence-electron chi connectivity index (χ3n) is 5.66. The van der Waals surface area contributed by atoms with E-state index in [9.17, 15) is 9.59 Å². The Morgan fingerprint density at radius 2 is 1.59 bits per heavy atom. The van der Waals surface area contributed by atoms with Crippen LogP contribution in [0.25, 0.3) is 11.0 Å². The van der Waals surface area contributed by atoms with E-state index in [0.29, 0.717) is 31.2 Å². The number of nitrogens with one attached hydrogen (secondary N) is 1. The van der Waals surface area contributed by atoms with Crippen molar-refractivity contribution in [3.05, 3.63) is 66.0 Å². The zero-order valence-electron chi connectivity index (χ0n) is 21.0. The summed E-state index contributed by atoms with van der Waals surface area (Å²) < 4.78 is 2.05. The topological polar surface area (TPSA) is 67.2 Å². The quantitative estimate of drug-likeness (QED) is 0.404. The maximum absolute atomic E-state index is 13.3. The Morgan fingerprint density at radius 1 is 0.941 bits per heavy atom. The summed E-state index contributed by atoms with van der Waals surface area (Å²) >= 11 is 0. The zero-order valence-corrected chi connectivity index (χ0v) is 21.0. The van der Waals surface area contributed by atoms with Crippen LogP contribution < -0.4 is 5.32 Å². The van der Waals surface area contributed by atoms with Gasteiger partial charge in [-0.1, -0.05) is 70.2 Å².